The lowest BCUT2D eigenvalue weighted by atomic mass is 10.1. The number of nitrogens with one attached hydrogen (secondary N) is 1. The van der Waals surface area contributed by atoms with Crippen molar-refractivity contribution >= 4 is 39.1 Å². The van der Waals surface area contributed by atoms with Gasteiger partial charge >= 0.3 is 0 Å². The molecule has 0 aliphatic carbocycles. The average molecular weight is 572 g/mol. The largest absolute Gasteiger partial charge is 0.497 e. The fraction of sp³-hybridized carbons (Fsp3) is 0.310. The van der Waals surface area contributed by atoms with E-state index in [0.29, 0.717) is 23.0 Å². The van der Waals surface area contributed by atoms with Crippen molar-refractivity contribution in [1.82, 2.24) is 10.2 Å². The van der Waals surface area contributed by atoms with E-state index in [9.17, 15) is 18.0 Å². The van der Waals surface area contributed by atoms with Crippen molar-refractivity contribution in [2.24, 2.45) is 0 Å². The number of carbonyl (C=O) groups excluding carboxylic acids is 2. The smallest absolute Gasteiger partial charge is 0.264 e. The van der Waals surface area contributed by atoms with Crippen molar-refractivity contribution in [3.63, 3.8) is 0 Å². The van der Waals surface area contributed by atoms with Gasteiger partial charge < -0.3 is 15.0 Å². The Labute approximate surface area is 235 Å². The first-order valence-electron chi connectivity index (χ1n) is 12.6. The van der Waals surface area contributed by atoms with Gasteiger partial charge in [0.05, 0.1) is 17.7 Å². The molecule has 0 aliphatic heterocycles. The van der Waals surface area contributed by atoms with Crippen LogP contribution in [-0.4, -0.2) is 51.4 Å². The maximum absolute atomic E-state index is 13.9. The summed E-state index contributed by atoms with van der Waals surface area (Å²) >= 11 is 6.03. The molecule has 208 valence electrons. The van der Waals surface area contributed by atoms with Crippen molar-refractivity contribution in [3.05, 3.63) is 88.9 Å². The number of rotatable bonds is 12. The number of halogens is 1. The van der Waals surface area contributed by atoms with Crippen LogP contribution in [0.5, 0.6) is 5.75 Å². The molecule has 0 aliphatic rings. The number of sulfonamides is 1. The number of ether oxygens (including phenoxy) is 1. The molecule has 0 heterocycles. The third-order valence-corrected chi connectivity index (χ3v) is 8.27. The quantitative estimate of drug-likeness (QED) is 0.337. The van der Waals surface area contributed by atoms with Gasteiger partial charge in [-0.05, 0) is 74.4 Å². The zero-order valence-electron chi connectivity index (χ0n) is 22.6. The molecule has 0 radical (unpaired) electrons. The minimum absolute atomic E-state index is 0.0507. The van der Waals surface area contributed by atoms with Crippen LogP contribution in [0.4, 0.5) is 5.69 Å². The molecule has 0 fully saturated rings. The number of hydrogen-bond acceptors (Lipinski definition) is 5. The van der Waals surface area contributed by atoms with Gasteiger partial charge in [0, 0.05) is 18.1 Å². The van der Waals surface area contributed by atoms with Crippen LogP contribution < -0.4 is 14.4 Å². The summed E-state index contributed by atoms with van der Waals surface area (Å²) in [5.41, 5.74) is 1.95. The number of methoxy groups -OCH3 is 1. The minimum atomic E-state index is -4.13. The molecule has 39 heavy (non-hydrogen) atoms. The molecule has 0 bridgehead atoms. The van der Waals surface area contributed by atoms with Gasteiger partial charge in [-0.15, -0.1) is 0 Å². The van der Waals surface area contributed by atoms with Crippen LogP contribution in [0.25, 0.3) is 0 Å². The molecule has 8 nitrogen and oxygen atoms in total. The van der Waals surface area contributed by atoms with E-state index in [1.807, 2.05) is 13.8 Å². The highest BCUT2D eigenvalue weighted by molar-refractivity contribution is 7.92. The van der Waals surface area contributed by atoms with Crippen LogP contribution in [0, 0.1) is 6.92 Å². The Bertz CT molecular complexity index is 1360. The van der Waals surface area contributed by atoms with E-state index in [2.05, 4.69) is 5.32 Å². The van der Waals surface area contributed by atoms with Crippen molar-refractivity contribution in [2.45, 2.75) is 44.7 Å². The average Bonchev–Trinajstić information content (AvgIpc) is 2.94. The maximum Gasteiger partial charge on any atom is 0.264 e. The Morgan fingerprint density at radius 1 is 0.974 bits per heavy atom. The molecule has 0 unspecified atom stereocenters. The van der Waals surface area contributed by atoms with E-state index in [4.69, 9.17) is 16.3 Å². The second kappa shape index (κ2) is 13.5. The molecular formula is C29H34ClN3O5S. The summed E-state index contributed by atoms with van der Waals surface area (Å²) in [4.78, 5) is 28.2. The minimum Gasteiger partial charge on any atom is -0.497 e. The monoisotopic (exact) mass is 571 g/mol. The van der Waals surface area contributed by atoms with Crippen molar-refractivity contribution in [3.8, 4) is 5.75 Å². The van der Waals surface area contributed by atoms with Crippen molar-refractivity contribution in [2.75, 3.05) is 24.5 Å². The number of benzene rings is 3. The molecule has 2 amide bonds. The van der Waals surface area contributed by atoms with Crippen LogP contribution in [0.2, 0.25) is 5.02 Å². The molecule has 0 spiro atoms. The van der Waals surface area contributed by atoms with Gasteiger partial charge in [0.2, 0.25) is 11.8 Å². The highest BCUT2D eigenvalue weighted by Gasteiger charge is 2.32. The number of amides is 2. The van der Waals surface area contributed by atoms with Crippen LogP contribution in [0.3, 0.4) is 0 Å². The molecule has 1 atom stereocenters. The first-order valence-corrected chi connectivity index (χ1v) is 14.4. The summed E-state index contributed by atoms with van der Waals surface area (Å²) in [6.07, 6.45) is 0.740. The van der Waals surface area contributed by atoms with Gasteiger partial charge in [-0.25, -0.2) is 8.42 Å². The standard InChI is InChI=1S/C29H34ClN3O5S/c1-5-18-31-29(35)22(3)32(19-23-8-10-24(30)11-9-23)28(34)20-33(25-12-14-26(38-4)15-13-25)39(36,37)27-16-6-21(2)7-17-27/h6-17,22H,5,18-20H2,1-4H3,(H,31,35)/t22-/m0/s1. The zero-order chi connectivity index (χ0) is 28.6. The SMILES string of the molecule is CCCNC(=O)[C@H](C)N(Cc1ccc(Cl)cc1)C(=O)CN(c1ccc(OC)cc1)S(=O)(=O)c1ccc(C)cc1. The molecule has 3 aromatic carbocycles. The normalized spacial score (nSPS) is 11.9. The molecule has 0 saturated heterocycles. The Kier molecular flexibility index (Phi) is 10.4. The molecule has 0 aromatic heterocycles. The van der Waals surface area contributed by atoms with Crippen LogP contribution in [-0.2, 0) is 26.2 Å². The Balaban J connectivity index is 2.01. The summed E-state index contributed by atoms with van der Waals surface area (Å²) in [5, 5.41) is 3.36. The van der Waals surface area contributed by atoms with Crippen LogP contribution in [0.15, 0.2) is 77.7 Å². The zero-order valence-corrected chi connectivity index (χ0v) is 24.1. The topological polar surface area (TPSA) is 96.0 Å². The van der Waals surface area contributed by atoms with Crippen molar-refractivity contribution in [1.29, 1.82) is 0 Å². The van der Waals surface area contributed by atoms with E-state index < -0.39 is 28.5 Å². The van der Waals surface area contributed by atoms with Crippen molar-refractivity contribution < 1.29 is 22.7 Å². The van der Waals surface area contributed by atoms with Gasteiger partial charge in [-0.1, -0.05) is 48.4 Å². The molecule has 0 saturated carbocycles. The molecule has 3 aromatic rings. The second-order valence-electron chi connectivity index (χ2n) is 9.14. The number of anilines is 1. The summed E-state index contributed by atoms with van der Waals surface area (Å²) in [6, 6.07) is 18.9. The summed E-state index contributed by atoms with van der Waals surface area (Å²) in [6.45, 7) is 5.47. The third kappa shape index (κ3) is 7.74. The van der Waals surface area contributed by atoms with Crippen LogP contribution >= 0.6 is 11.6 Å². The predicted octanol–water partition coefficient (Wildman–Crippen LogP) is 4.80. The molecular weight excluding hydrogens is 538 g/mol. The fourth-order valence-electron chi connectivity index (χ4n) is 3.88. The maximum atomic E-state index is 13.9. The molecule has 3 rings (SSSR count). The van der Waals surface area contributed by atoms with E-state index in [0.717, 1.165) is 21.9 Å². The molecule has 1 N–H and O–H groups in total. The number of aryl methyl sites for hydroxylation is 1. The second-order valence-corrected chi connectivity index (χ2v) is 11.4. The number of nitrogens with zero attached hydrogens (tertiary/aromatic N) is 2. The Morgan fingerprint density at radius 2 is 1.59 bits per heavy atom. The van der Waals surface area contributed by atoms with Crippen LogP contribution in [0.1, 0.15) is 31.4 Å². The van der Waals surface area contributed by atoms with E-state index in [1.54, 1.807) is 67.6 Å². The lowest BCUT2D eigenvalue weighted by molar-refractivity contribution is -0.139. The van der Waals surface area contributed by atoms with E-state index >= 15 is 0 Å². The first kappa shape index (κ1) is 30.0. The van der Waals surface area contributed by atoms with Gasteiger partial charge in [-0.2, -0.15) is 0 Å². The van der Waals surface area contributed by atoms with E-state index in [1.165, 1.54) is 24.1 Å². The Morgan fingerprint density at radius 3 is 2.15 bits per heavy atom. The lowest BCUT2D eigenvalue weighted by Gasteiger charge is -2.32. The van der Waals surface area contributed by atoms with Gasteiger partial charge in [-0.3, -0.25) is 13.9 Å². The first-order chi connectivity index (χ1) is 18.6. The summed E-state index contributed by atoms with van der Waals surface area (Å²) < 4.78 is 33.9. The highest BCUT2D eigenvalue weighted by atomic mass is 35.5. The van der Waals surface area contributed by atoms with Gasteiger partial charge in [0.15, 0.2) is 0 Å². The Hall–Kier alpha value is -3.56. The van der Waals surface area contributed by atoms with E-state index in [-0.39, 0.29) is 17.3 Å². The third-order valence-electron chi connectivity index (χ3n) is 6.23. The lowest BCUT2D eigenvalue weighted by Crippen LogP contribution is -2.51. The highest BCUT2D eigenvalue weighted by Crippen LogP contribution is 2.27. The summed E-state index contributed by atoms with van der Waals surface area (Å²) in [7, 11) is -2.62. The predicted molar refractivity (Wildman–Crippen MR) is 153 cm³/mol. The molecule has 10 heteroatoms. The van der Waals surface area contributed by atoms with Gasteiger partial charge in [0.1, 0.15) is 18.3 Å². The van der Waals surface area contributed by atoms with Gasteiger partial charge in [0.25, 0.3) is 10.0 Å². The number of hydrogen-bond donors (Lipinski definition) is 1. The fourth-order valence-corrected chi connectivity index (χ4v) is 5.42. The summed E-state index contributed by atoms with van der Waals surface area (Å²) in [5.74, 6) is -0.310. The number of carbonyl (C=O) groups is 2.